The molecule has 1 aliphatic rings. The van der Waals surface area contributed by atoms with E-state index < -0.39 is 10.0 Å². The van der Waals surface area contributed by atoms with Crippen LogP contribution in [0.15, 0.2) is 35.2 Å². The molecule has 3 rings (SSSR count). The number of rotatable bonds is 0. The van der Waals surface area contributed by atoms with Gasteiger partial charge in [0, 0.05) is 13.1 Å². The van der Waals surface area contributed by atoms with Gasteiger partial charge in [-0.15, -0.1) is 0 Å². The average Bonchev–Trinajstić information content (AvgIpc) is 2.49. The van der Waals surface area contributed by atoms with Crippen LogP contribution < -0.4 is 9.04 Å². The van der Waals surface area contributed by atoms with Crippen molar-refractivity contribution in [2.45, 2.75) is 11.8 Å². The van der Waals surface area contributed by atoms with Gasteiger partial charge in [-0.25, -0.2) is 8.42 Å². The van der Waals surface area contributed by atoms with Gasteiger partial charge in [-0.1, -0.05) is 29.3 Å². The zero-order chi connectivity index (χ0) is 15.4. The molecule has 2 aromatic carbocycles. The number of hydrogen-bond donors (Lipinski definition) is 0. The Labute approximate surface area is 132 Å². The maximum absolute atomic E-state index is 12.7. The van der Waals surface area contributed by atoms with E-state index in [1.165, 1.54) is 23.5 Å². The van der Waals surface area contributed by atoms with Crippen LogP contribution >= 0.6 is 23.2 Å². The van der Waals surface area contributed by atoms with Crippen LogP contribution in [0.25, 0.3) is 0 Å². The first-order valence-electron chi connectivity index (χ1n) is 6.07. The van der Waals surface area contributed by atoms with Crippen LogP contribution in [0.4, 0.5) is 5.69 Å². The molecule has 0 radical (unpaired) electrons. The van der Waals surface area contributed by atoms with Gasteiger partial charge in [0.2, 0.25) is 0 Å². The van der Waals surface area contributed by atoms with Crippen molar-refractivity contribution >= 4 is 38.9 Å². The molecule has 0 aromatic heterocycles. The van der Waals surface area contributed by atoms with Crippen molar-refractivity contribution in [3.05, 3.63) is 45.9 Å². The Bertz CT molecular complexity index is 850. The summed E-state index contributed by atoms with van der Waals surface area (Å²) in [6.07, 6.45) is 0. The van der Waals surface area contributed by atoms with Gasteiger partial charge in [-0.2, -0.15) is 0 Å². The molecular weight excluding hydrogens is 333 g/mol. The van der Waals surface area contributed by atoms with Gasteiger partial charge in [0.1, 0.15) is 10.6 Å². The minimum atomic E-state index is -3.76. The van der Waals surface area contributed by atoms with Crippen molar-refractivity contribution in [1.29, 1.82) is 0 Å². The number of nitrogens with zero attached hydrogens (tertiary/aromatic N) is 1. The van der Waals surface area contributed by atoms with Gasteiger partial charge in [0.15, 0.2) is 5.75 Å². The Morgan fingerprint density at radius 2 is 1.71 bits per heavy atom. The van der Waals surface area contributed by atoms with E-state index in [1.807, 2.05) is 13.0 Å². The van der Waals surface area contributed by atoms with Crippen molar-refractivity contribution in [2.75, 3.05) is 11.4 Å². The SMILES string of the molecule is Cc1ccc2c(c1)N(C)S(=O)(=O)c1cc(Cl)c(Cl)cc1O2. The number of aryl methyl sites for hydroxylation is 1. The summed E-state index contributed by atoms with van der Waals surface area (Å²) >= 11 is 11.9. The smallest absolute Gasteiger partial charge is 0.267 e. The van der Waals surface area contributed by atoms with E-state index >= 15 is 0 Å². The van der Waals surface area contributed by atoms with Crippen molar-refractivity contribution < 1.29 is 13.2 Å². The Morgan fingerprint density at radius 3 is 2.43 bits per heavy atom. The Hall–Kier alpha value is -1.43. The molecule has 0 unspecified atom stereocenters. The molecule has 0 amide bonds. The lowest BCUT2D eigenvalue weighted by atomic mass is 10.2. The summed E-state index contributed by atoms with van der Waals surface area (Å²) in [5.41, 5.74) is 1.40. The fraction of sp³-hybridized carbons (Fsp3) is 0.143. The topological polar surface area (TPSA) is 46.6 Å². The van der Waals surface area contributed by atoms with Gasteiger partial charge in [0.25, 0.3) is 10.0 Å². The fourth-order valence-corrected chi connectivity index (χ4v) is 3.85. The summed E-state index contributed by atoms with van der Waals surface area (Å²) < 4.78 is 32.3. The lowest BCUT2D eigenvalue weighted by Gasteiger charge is -2.18. The highest BCUT2D eigenvalue weighted by atomic mass is 35.5. The highest BCUT2D eigenvalue weighted by molar-refractivity contribution is 7.93. The quantitative estimate of drug-likeness (QED) is 0.718. The van der Waals surface area contributed by atoms with Gasteiger partial charge in [-0.05, 0) is 30.7 Å². The van der Waals surface area contributed by atoms with Crippen LogP contribution in [0.3, 0.4) is 0 Å². The van der Waals surface area contributed by atoms with Gasteiger partial charge in [-0.3, -0.25) is 4.31 Å². The molecule has 0 fully saturated rings. The standard InChI is InChI=1S/C14H11Cl2NO3S/c1-8-3-4-12-11(5-8)17(2)21(18,19)14-7-10(16)9(15)6-13(14)20-12/h3-7H,1-2H3. The third-order valence-electron chi connectivity index (χ3n) is 3.30. The summed E-state index contributed by atoms with van der Waals surface area (Å²) in [7, 11) is -2.28. The zero-order valence-corrected chi connectivity index (χ0v) is 13.6. The number of fused-ring (bicyclic) bond motifs is 2. The molecule has 1 heterocycles. The first-order valence-corrected chi connectivity index (χ1v) is 8.27. The van der Waals surface area contributed by atoms with Crippen LogP contribution in [0, 0.1) is 6.92 Å². The minimum Gasteiger partial charge on any atom is -0.454 e. The molecule has 110 valence electrons. The maximum atomic E-state index is 12.7. The summed E-state index contributed by atoms with van der Waals surface area (Å²) in [6, 6.07) is 8.06. The maximum Gasteiger partial charge on any atom is 0.267 e. The molecule has 0 aliphatic carbocycles. The number of anilines is 1. The molecule has 4 nitrogen and oxygen atoms in total. The van der Waals surface area contributed by atoms with Gasteiger partial charge in [0.05, 0.1) is 15.7 Å². The first kappa shape index (κ1) is 14.5. The van der Waals surface area contributed by atoms with E-state index in [1.54, 1.807) is 12.1 Å². The molecule has 7 heteroatoms. The van der Waals surface area contributed by atoms with Crippen molar-refractivity contribution in [2.24, 2.45) is 0 Å². The summed E-state index contributed by atoms with van der Waals surface area (Å²) in [5, 5.41) is 0.405. The molecule has 0 bridgehead atoms. The molecule has 0 atom stereocenters. The van der Waals surface area contributed by atoms with E-state index in [0.29, 0.717) is 11.4 Å². The van der Waals surface area contributed by atoms with Crippen LogP contribution in [0.5, 0.6) is 11.5 Å². The highest BCUT2D eigenvalue weighted by Gasteiger charge is 2.32. The lowest BCUT2D eigenvalue weighted by molar-refractivity contribution is 0.472. The molecular formula is C14H11Cl2NO3S. The summed E-state index contributed by atoms with van der Waals surface area (Å²) in [4.78, 5) is -0.00625. The highest BCUT2D eigenvalue weighted by Crippen LogP contribution is 2.44. The van der Waals surface area contributed by atoms with Crippen LogP contribution in [-0.2, 0) is 10.0 Å². The fourth-order valence-electron chi connectivity index (χ4n) is 2.15. The third kappa shape index (κ3) is 2.25. The molecule has 21 heavy (non-hydrogen) atoms. The van der Waals surface area contributed by atoms with Gasteiger partial charge < -0.3 is 4.74 Å². The van der Waals surface area contributed by atoms with Crippen molar-refractivity contribution in [1.82, 2.24) is 0 Å². The Morgan fingerprint density at radius 1 is 1.05 bits per heavy atom. The average molecular weight is 344 g/mol. The van der Waals surface area contributed by atoms with E-state index in [0.717, 1.165) is 5.56 Å². The van der Waals surface area contributed by atoms with E-state index in [4.69, 9.17) is 27.9 Å². The van der Waals surface area contributed by atoms with Crippen molar-refractivity contribution in [3.63, 3.8) is 0 Å². The zero-order valence-electron chi connectivity index (χ0n) is 11.2. The van der Waals surface area contributed by atoms with Crippen LogP contribution in [-0.4, -0.2) is 15.5 Å². The predicted octanol–water partition coefficient (Wildman–Crippen LogP) is 4.23. The molecule has 0 spiro atoms. The summed E-state index contributed by atoms with van der Waals surface area (Å²) in [6.45, 7) is 1.88. The second-order valence-corrected chi connectivity index (χ2v) is 7.51. The number of ether oxygens (including phenoxy) is 1. The Kier molecular flexibility index (Phi) is 3.31. The second kappa shape index (κ2) is 4.80. The molecule has 0 saturated carbocycles. The predicted molar refractivity (Wildman–Crippen MR) is 83.3 cm³/mol. The number of sulfonamides is 1. The monoisotopic (exact) mass is 343 g/mol. The van der Waals surface area contributed by atoms with E-state index in [9.17, 15) is 8.42 Å². The largest absolute Gasteiger partial charge is 0.454 e. The van der Waals surface area contributed by atoms with Crippen LogP contribution in [0.2, 0.25) is 10.0 Å². The molecule has 2 aromatic rings. The lowest BCUT2D eigenvalue weighted by Crippen LogP contribution is -2.25. The Balaban J connectivity index is 2.34. The van der Waals surface area contributed by atoms with Crippen molar-refractivity contribution in [3.8, 4) is 11.5 Å². The second-order valence-electron chi connectivity index (χ2n) is 4.76. The number of halogens is 2. The first-order chi connectivity index (χ1) is 9.80. The summed E-state index contributed by atoms with van der Waals surface area (Å²) in [5.74, 6) is 0.614. The normalized spacial score (nSPS) is 15.7. The van der Waals surface area contributed by atoms with Gasteiger partial charge >= 0.3 is 0 Å². The van der Waals surface area contributed by atoms with E-state index in [-0.39, 0.29) is 20.7 Å². The molecule has 1 aliphatic heterocycles. The molecule has 0 saturated heterocycles. The number of hydrogen-bond acceptors (Lipinski definition) is 3. The number of benzene rings is 2. The van der Waals surface area contributed by atoms with E-state index in [2.05, 4.69) is 0 Å². The molecule has 0 N–H and O–H groups in total. The minimum absolute atomic E-state index is 0.00625. The third-order valence-corrected chi connectivity index (χ3v) is 5.81. The van der Waals surface area contributed by atoms with Crippen LogP contribution in [0.1, 0.15) is 5.56 Å².